The molecule has 0 amide bonds. The summed E-state index contributed by atoms with van der Waals surface area (Å²) in [5, 5.41) is 0.237. The second kappa shape index (κ2) is 7.23. The molecule has 1 rings (SSSR count). The Kier molecular flexibility index (Phi) is 6.47. The first-order valence-electron chi connectivity index (χ1n) is 7.18. The van der Waals surface area contributed by atoms with Gasteiger partial charge in [-0.15, -0.1) is 0 Å². The number of rotatable bonds is 5. The molecule has 0 bridgehead atoms. The van der Waals surface area contributed by atoms with Crippen molar-refractivity contribution in [1.29, 1.82) is 0 Å². The minimum atomic E-state index is -1.76. The van der Waals surface area contributed by atoms with E-state index in [1.165, 1.54) is 5.56 Å². The molecule has 0 aromatic heterocycles. The van der Waals surface area contributed by atoms with E-state index in [-0.39, 0.29) is 11.1 Å². The third kappa shape index (κ3) is 4.71. The lowest BCUT2D eigenvalue weighted by atomic mass is 9.96. The first-order valence-corrected chi connectivity index (χ1v) is 11.3. The van der Waals surface area contributed by atoms with Crippen LogP contribution in [0.2, 0.25) is 18.1 Å². The molecule has 0 radical (unpaired) electrons. The second-order valence-corrected chi connectivity index (χ2v) is 12.3. The molecule has 2 atom stereocenters. The van der Waals surface area contributed by atoms with Gasteiger partial charge in [0.2, 0.25) is 0 Å². The smallest absolute Gasteiger partial charge is 0.192 e. The minimum Gasteiger partial charge on any atom is -0.410 e. The molecule has 1 nitrogen and oxygen atoms in total. The molecule has 0 aliphatic carbocycles. The zero-order valence-electron chi connectivity index (χ0n) is 13.5. The van der Waals surface area contributed by atoms with Gasteiger partial charge < -0.3 is 4.43 Å². The number of benzene rings is 1. The second-order valence-electron chi connectivity index (χ2n) is 6.86. The summed E-state index contributed by atoms with van der Waals surface area (Å²) in [5.41, 5.74) is 1.34. The van der Waals surface area contributed by atoms with Gasteiger partial charge in [-0.1, -0.05) is 86.7 Å². The Morgan fingerprint density at radius 1 is 1.15 bits per heavy atom. The van der Waals surface area contributed by atoms with E-state index in [0.717, 1.165) is 0 Å². The quantitative estimate of drug-likeness (QED) is 0.425. The standard InChI is InChI=1S/C17H27IOSi/c1-14(15-10-8-7-9-11-15)16(12-13-18)19-20(5,6)17(2,3)4/h7-14,16H,1-6H3. The largest absolute Gasteiger partial charge is 0.410 e. The fourth-order valence-electron chi connectivity index (χ4n) is 1.84. The lowest BCUT2D eigenvalue weighted by Gasteiger charge is -2.40. The fraction of sp³-hybridized carbons (Fsp3) is 0.529. The number of hydrogen-bond donors (Lipinski definition) is 0. The van der Waals surface area contributed by atoms with Gasteiger partial charge in [-0.25, -0.2) is 0 Å². The van der Waals surface area contributed by atoms with Crippen LogP contribution >= 0.6 is 22.6 Å². The highest BCUT2D eigenvalue weighted by Gasteiger charge is 2.39. The van der Waals surface area contributed by atoms with Crippen molar-refractivity contribution in [3.63, 3.8) is 0 Å². The highest BCUT2D eigenvalue weighted by molar-refractivity contribution is 14.1. The predicted octanol–water partition coefficient (Wildman–Crippen LogP) is 6.13. The van der Waals surface area contributed by atoms with E-state index < -0.39 is 8.32 Å². The molecule has 3 heteroatoms. The van der Waals surface area contributed by atoms with Gasteiger partial charge in [0.1, 0.15) is 0 Å². The molecule has 0 spiro atoms. The third-order valence-corrected chi connectivity index (χ3v) is 9.21. The van der Waals surface area contributed by atoms with Crippen LogP contribution in [-0.4, -0.2) is 14.4 Å². The molecular weight excluding hydrogens is 375 g/mol. The molecule has 20 heavy (non-hydrogen) atoms. The zero-order chi connectivity index (χ0) is 15.4. The van der Waals surface area contributed by atoms with E-state index in [2.05, 4.69) is 104 Å². The maximum atomic E-state index is 6.61. The van der Waals surface area contributed by atoms with Gasteiger partial charge >= 0.3 is 0 Å². The summed E-state index contributed by atoms with van der Waals surface area (Å²) >= 11 is 2.28. The van der Waals surface area contributed by atoms with Crippen LogP contribution in [0.1, 0.15) is 39.2 Å². The Morgan fingerprint density at radius 2 is 1.70 bits per heavy atom. The van der Waals surface area contributed by atoms with Gasteiger partial charge in [0.25, 0.3) is 0 Å². The average Bonchev–Trinajstić information content (AvgIpc) is 2.37. The van der Waals surface area contributed by atoms with Crippen molar-refractivity contribution in [1.82, 2.24) is 0 Å². The van der Waals surface area contributed by atoms with Gasteiger partial charge in [-0.3, -0.25) is 0 Å². The van der Waals surface area contributed by atoms with Crippen LogP contribution in [-0.2, 0) is 4.43 Å². The summed E-state index contributed by atoms with van der Waals surface area (Å²) in [6.07, 6.45) is 2.34. The molecule has 0 saturated heterocycles. The maximum Gasteiger partial charge on any atom is 0.192 e. The Labute approximate surface area is 139 Å². The normalized spacial score (nSPS) is 16.4. The Bertz CT molecular complexity index is 434. The average molecular weight is 402 g/mol. The molecule has 2 unspecified atom stereocenters. The Hall–Kier alpha value is -0.133. The topological polar surface area (TPSA) is 9.23 Å². The molecule has 0 heterocycles. The molecular formula is C17H27IOSi. The molecule has 1 aromatic carbocycles. The minimum absolute atomic E-state index is 0.148. The summed E-state index contributed by atoms with van der Waals surface area (Å²) in [5.74, 6) is 0.372. The first-order chi connectivity index (χ1) is 9.19. The van der Waals surface area contributed by atoms with Crippen LogP contribution in [0.25, 0.3) is 0 Å². The number of halogens is 1. The van der Waals surface area contributed by atoms with E-state index in [0.29, 0.717) is 5.92 Å². The van der Waals surface area contributed by atoms with Crippen molar-refractivity contribution in [2.24, 2.45) is 0 Å². The van der Waals surface area contributed by atoms with E-state index in [1.807, 2.05) is 0 Å². The highest BCUT2D eigenvalue weighted by atomic mass is 127. The first kappa shape index (κ1) is 17.9. The van der Waals surface area contributed by atoms with E-state index in [9.17, 15) is 0 Å². The van der Waals surface area contributed by atoms with Crippen molar-refractivity contribution < 1.29 is 4.43 Å². The zero-order valence-corrected chi connectivity index (χ0v) is 16.6. The summed E-state index contributed by atoms with van der Waals surface area (Å²) in [6.45, 7) is 13.8. The molecule has 0 N–H and O–H groups in total. The van der Waals surface area contributed by atoms with Crippen LogP contribution in [0.3, 0.4) is 0 Å². The van der Waals surface area contributed by atoms with Crippen LogP contribution in [0.15, 0.2) is 40.5 Å². The molecule has 112 valence electrons. The van der Waals surface area contributed by atoms with Gasteiger partial charge in [-0.2, -0.15) is 0 Å². The molecule has 0 saturated carbocycles. The predicted molar refractivity (Wildman–Crippen MR) is 100 cm³/mol. The van der Waals surface area contributed by atoms with Crippen LogP contribution in [0.4, 0.5) is 0 Å². The SMILES string of the molecule is CC(c1ccccc1)C(C=CI)O[Si](C)(C)C(C)(C)C. The monoisotopic (exact) mass is 402 g/mol. The van der Waals surface area contributed by atoms with Crippen molar-refractivity contribution in [3.05, 3.63) is 46.1 Å². The van der Waals surface area contributed by atoms with Crippen LogP contribution < -0.4 is 0 Å². The summed E-state index contributed by atoms with van der Waals surface area (Å²) in [4.78, 5) is 0. The lowest BCUT2D eigenvalue weighted by molar-refractivity contribution is 0.201. The summed E-state index contributed by atoms with van der Waals surface area (Å²) in [7, 11) is -1.76. The van der Waals surface area contributed by atoms with Crippen molar-refractivity contribution in [2.45, 2.75) is 57.8 Å². The molecule has 0 aliphatic rings. The lowest BCUT2D eigenvalue weighted by Crippen LogP contribution is -2.44. The highest BCUT2D eigenvalue weighted by Crippen LogP contribution is 2.39. The fourth-order valence-corrected chi connectivity index (χ4v) is 3.57. The van der Waals surface area contributed by atoms with Crippen molar-refractivity contribution in [3.8, 4) is 0 Å². The van der Waals surface area contributed by atoms with Gasteiger partial charge in [0.15, 0.2) is 8.32 Å². The molecule has 0 fully saturated rings. The van der Waals surface area contributed by atoms with Gasteiger partial charge in [0, 0.05) is 5.92 Å². The molecule has 0 aliphatic heterocycles. The maximum absolute atomic E-state index is 6.61. The van der Waals surface area contributed by atoms with E-state index in [4.69, 9.17) is 4.43 Å². The van der Waals surface area contributed by atoms with Gasteiger partial charge in [0.05, 0.1) is 6.10 Å². The van der Waals surface area contributed by atoms with Crippen LogP contribution in [0.5, 0.6) is 0 Å². The number of hydrogen-bond acceptors (Lipinski definition) is 1. The summed E-state index contributed by atoms with van der Waals surface area (Å²) in [6, 6.07) is 10.6. The van der Waals surface area contributed by atoms with E-state index >= 15 is 0 Å². The van der Waals surface area contributed by atoms with Gasteiger partial charge in [-0.05, 0) is 27.8 Å². The van der Waals surface area contributed by atoms with Crippen LogP contribution in [0, 0.1) is 0 Å². The summed E-state index contributed by atoms with van der Waals surface area (Å²) < 4.78 is 8.68. The molecule has 1 aromatic rings. The van der Waals surface area contributed by atoms with Crippen molar-refractivity contribution >= 4 is 30.9 Å². The Balaban J connectivity index is 2.96. The third-order valence-electron chi connectivity index (χ3n) is 4.32. The van der Waals surface area contributed by atoms with Crippen molar-refractivity contribution in [2.75, 3.05) is 0 Å². The van der Waals surface area contributed by atoms with E-state index in [1.54, 1.807) is 0 Å². The Morgan fingerprint density at radius 3 is 2.15 bits per heavy atom.